The standard InChI is InChI=1S/C27H33BrN4O3.ClH/c1-19(2)24(33)29-23(21-6-4-3-5-7-21)12-15-31-16-13-27(14-17-31)25(34)32(26(35)30-27)18-20-8-10-22(28)11-9-20;/h3-11,19,23H,12-18H2,1-2H3,(H,29,33)(H,30,35);1H/t23-;/m0./s1. The average molecular weight is 578 g/mol. The number of nitrogens with one attached hydrogen (secondary N) is 2. The minimum absolute atomic E-state index is 0. The molecule has 1 spiro atoms. The van der Waals surface area contributed by atoms with E-state index in [1.165, 1.54) is 4.90 Å². The van der Waals surface area contributed by atoms with Gasteiger partial charge in [-0.1, -0.05) is 72.2 Å². The summed E-state index contributed by atoms with van der Waals surface area (Å²) in [6.07, 6.45) is 1.96. The molecule has 0 aliphatic carbocycles. The molecule has 1 atom stereocenters. The second-order valence-electron chi connectivity index (χ2n) is 9.79. The molecule has 0 saturated carbocycles. The van der Waals surface area contributed by atoms with E-state index in [4.69, 9.17) is 0 Å². The van der Waals surface area contributed by atoms with E-state index in [-0.39, 0.29) is 48.8 Å². The summed E-state index contributed by atoms with van der Waals surface area (Å²) in [5, 5.41) is 6.17. The van der Waals surface area contributed by atoms with Crippen LogP contribution >= 0.6 is 28.3 Å². The van der Waals surface area contributed by atoms with E-state index in [1.807, 2.05) is 68.4 Å². The van der Waals surface area contributed by atoms with Crippen molar-refractivity contribution in [1.29, 1.82) is 0 Å². The van der Waals surface area contributed by atoms with Gasteiger partial charge in [0.15, 0.2) is 0 Å². The number of amides is 4. The fraction of sp³-hybridized carbons (Fsp3) is 0.444. The zero-order valence-electron chi connectivity index (χ0n) is 20.7. The first kappa shape index (κ1) is 28.2. The van der Waals surface area contributed by atoms with Gasteiger partial charge < -0.3 is 15.5 Å². The van der Waals surface area contributed by atoms with Gasteiger partial charge in [-0.05, 0) is 42.5 Å². The van der Waals surface area contributed by atoms with Gasteiger partial charge in [-0.15, -0.1) is 12.4 Å². The molecule has 9 heteroatoms. The Morgan fingerprint density at radius 2 is 1.69 bits per heavy atom. The highest BCUT2D eigenvalue weighted by Crippen LogP contribution is 2.31. The molecular weight excluding hydrogens is 544 g/mol. The zero-order valence-corrected chi connectivity index (χ0v) is 23.1. The Morgan fingerprint density at radius 3 is 2.31 bits per heavy atom. The molecule has 7 nitrogen and oxygen atoms in total. The third-order valence-electron chi connectivity index (χ3n) is 6.99. The first-order chi connectivity index (χ1) is 16.8. The van der Waals surface area contributed by atoms with Gasteiger partial charge in [0.05, 0.1) is 12.6 Å². The lowest BCUT2D eigenvalue weighted by Gasteiger charge is -2.37. The van der Waals surface area contributed by atoms with Gasteiger partial charge in [0.25, 0.3) is 5.91 Å². The number of likely N-dealkylation sites (tertiary alicyclic amines) is 1. The van der Waals surface area contributed by atoms with E-state index in [9.17, 15) is 14.4 Å². The number of rotatable bonds is 8. The maximum absolute atomic E-state index is 13.3. The van der Waals surface area contributed by atoms with Gasteiger partial charge >= 0.3 is 6.03 Å². The summed E-state index contributed by atoms with van der Waals surface area (Å²) in [7, 11) is 0. The maximum atomic E-state index is 13.3. The third-order valence-corrected chi connectivity index (χ3v) is 7.51. The number of carbonyl (C=O) groups is 3. The highest BCUT2D eigenvalue weighted by molar-refractivity contribution is 9.10. The summed E-state index contributed by atoms with van der Waals surface area (Å²) in [6.45, 7) is 6.31. The lowest BCUT2D eigenvalue weighted by Crippen LogP contribution is -2.55. The summed E-state index contributed by atoms with van der Waals surface area (Å²) in [6, 6.07) is 17.3. The minimum atomic E-state index is -0.812. The third kappa shape index (κ3) is 6.47. The molecule has 0 aromatic heterocycles. The Kier molecular flexibility index (Phi) is 9.55. The van der Waals surface area contributed by atoms with Crippen molar-refractivity contribution < 1.29 is 14.4 Å². The van der Waals surface area contributed by atoms with Crippen LogP contribution in [0.3, 0.4) is 0 Å². The van der Waals surface area contributed by atoms with Crippen LogP contribution in [0.5, 0.6) is 0 Å². The van der Waals surface area contributed by atoms with Crippen LogP contribution in [-0.4, -0.2) is 52.8 Å². The number of hydrogen-bond donors (Lipinski definition) is 2. The predicted octanol–water partition coefficient (Wildman–Crippen LogP) is 4.66. The summed E-state index contributed by atoms with van der Waals surface area (Å²) in [5.41, 5.74) is 1.20. The van der Waals surface area contributed by atoms with Crippen molar-refractivity contribution in [2.24, 2.45) is 5.92 Å². The topological polar surface area (TPSA) is 81.8 Å². The Morgan fingerprint density at radius 1 is 1.06 bits per heavy atom. The fourth-order valence-electron chi connectivity index (χ4n) is 4.75. The molecule has 0 bridgehead atoms. The summed E-state index contributed by atoms with van der Waals surface area (Å²) in [5.74, 6) is -0.161. The van der Waals surface area contributed by atoms with Gasteiger partial charge in [-0.25, -0.2) is 4.79 Å². The van der Waals surface area contributed by atoms with Crippen molar-refractivity contribution in [2.75, 3.05) is 19.6 Å². The summed E-state index contributed by atoms with van der Waals surface area (Å²) in [4.78, 5) is 42.0. The van der Waals surface area contributed by atoms with Crippen molar-refractivity contribution in [3.05, 3.63) is 70.2 Å². The van der Waals surface area contributed by atoms with Crippen LogP contribution in [0.4, 0.5) is 4.79 Å². The fourth-order valence-corrected chi connectivity index (χ4v) is 5.01. The molecule has 0 unspecified atom stereocenters. The van der Waals surface area contributed by atoms with Crippen molar-refractivity contribution in [2.45, 2.75) is 51.2 Å². The van der Waals surface area contributed by atoms with E-state index < -0.39 is 5.54 Å². The van der Waals surface area contributed by atoms with E-state index in [0.29, 0.717) is 12.8 Å². The number of benzene rings is 2. The Labute approximate surface area is 227 Å². The molecule has 2 aliphatic rings. The quantitative estimate of drug-likeness (QED) is 0.447. The highest BCUT2D eigenvalue weighted by Gasteiger charge is 2.52. The molecule has 2 aromatic carbocycles. The number of halogens is 2. The molecule has 0 radical (unpaired) electrons. The number of nitrogens with zero attached hydrogens (tertiary/aromatic N) is 2. The molecule has 36 heavy (non-hydrogen) atoms. The zero-order chi connectivity index (χ0) is 25.0. The van der Waals surface area contributed by atoms with Crippen LogP contribution in [0, 0.1) is 5.92 Å². The smallest absolute Gasteiger partial charge is 0.325 e. The molecule has 4 amide bonds. The Bertz CT molecular complexity index is 1060. The van der Waals surface area contributed by atoms with Crippen molar-refractivity contribution >= 4 is 46.2 Å². The van der Waals surface area contributed by atoms with E-state index in [1.54, 1.807) is 0 Å². The van der Waals surface area contributed by atoms with Gasteiger partial charge in [0.1, 0.15) is 5.54 Å². The lowest BCUT2D eigenvalue weighted by molar-refractivity contribution is -0.133. The van der Waals surface area contributed by atoms with Crippen LogP contribution in [0.15, 0.2) is 59.1 Å². The van der Waals surface area contributed by atoms with Crippen LogP contribution in [0.2, 0.25) is 0 Å². The maximum Gasteiger partial charge on any atom is 0.325 e. The number of urea groups is 1. The summed E-state index contributed by atoms with van der Waals surface area (Å²) < 4.78 is 0.959. The molecule has 2 N–H and O–H groups in total. The highest BCUT2D eigenvalue weighted by atomic mass is 79.9. The minimum Gasteiger partial charge on any atom is -0.349 e. The Balaban J connectivity index is 0.00000361. The normalized spacial score (nSPS) is 18.2. The molecule has 2 saturated heterocycles. The second kappa shape index (κ2) is 12.2. The number of carbonyl (C=O) groups excluding carboxylic acids is 3. The first-order valence-electron chi connectivity index (χ1n) is 12.2. The molecule has 2 heterocycles. The van der Waals surface area contributed by atoms with Crippen LogP contribution in [0.25, 0.3) is 0 Å². The number of imide groups is 1. The van der Waals surface area contributed by atoms with Gasteiger partial charge in [0, 0.05) is 30.0 Å². The van der Waals surface area contributed by atoms with Crippen LogP contribution in [0.1, 0.15) is 50.3 Å². The molecule has 2 fully saturated rings. The monoisotopic (exact) mass is 576 g/mol. The largest absolute Gasteiger partial charge is 0.349 e. The molecular formula is C27H34BrClN4O3. The van der Waals surface area contributed by atoms with Crippen molar-refractivity contribution in [1.82, 2.24) is 20.4 Å². The number of hydrogen-bond acceptors (Lipinski definition) is 4. The van der Waals surface area contributed by atoms with Crippen molar-refractivity contribution in [3.8, 4) is 0 Å². The average Bonchev–Trinajstić information content (AvgIpc) is 3.08. The van der Waals surface area contributed by atoms with Gasteiger partial charge in [-0.3, -0.25) is 14.5 Å². The van der Waals surface area contributed by atoms with Crippen LogP contribution in [-0.2, 0) is 16.1 Å². The van der Waals surface area contributed by atoms with Gasteiger partial charge in [-0.2, -0.15) is 0 Å². The van der Waals surface area contributed by atoms with E-state index in [2.05, 4.69) is 31.5 Å². The second-order valence-corrected chi connectivity index (χ2v) is 10.7. The van der Waals surface area contributed by atoms with Crippen molar-refractivity contribution in [3.63, 3.8) is 0 Å². The predicted molar refractivity (Wildman–Crippen MR) is 146 cm³/mol. The first-order valence-corrected chi connectivity index (χ1v) is 13.0. The van der Waals surface area contributed by atoms with E-state index in [0.717, 1.165) is 41.7 Å². The molecule has 2 aliphatic heterocycles. The van der Waals surface area contributed by atoms with Gasteiger partial charge in [0.2, 0.25) is 5.91 Å². The molecule has 2 aromatic rings. The van der Waals surface area contributed by atoms with Crippen LogP contribution < -0.4 is 10.6 Å². The van der Waals surface area contributed by atoms with E-state index >= 15 is 0 Å². The Hall–Kier alpha value is -2.42. The lowest BCUT2D eigenvalue weighted by atomic mass is 9.87. The SMILES string of the molecule is CC(C)C(=O)N[C@@H](CCN1CCC2(CC1)NC(=O)N(Cc1ccc(Br)cc1)C2=O)c1ccccc1.Cl. The number of piperidine rings is 1. The summed E-state index contributed by atoms with van der Waals surface area (Å²) >= 11 is 3.41. The molecule has 4 rings (SSSR count). The molecule has 194 valence electrons.